The first-order valence-electron chi connectivity index (χ1n) is 5.10. The number of rotatable bonds is 3. The van der Waals surface area contributed by atoms with Gasteiger partial charge in [0, 0.05) is 0 Å². The van der Waals surface area contributed by atoms with Crippen molar-refractivity contribution in [2.24, 2.45) is 5.10 Å². The molecule has 0 atom stereocenters. The van der Waals surface area contributed by atoms with Gasteiger partial charge in [-0.3, -0.25) is 5.43 Å². The molecule has 0 saturated carbocycles. The van der Waals surface area contributed by atoms with Crippen molar-refractivity contribution in [3.8, 4) is 11.5 Å². The monoisotopic (exact) mass is 247 g/mol. The van der Waals surface area contributed by atoms with Gasteiger partial charge in [-0.15, -0.1) is 0 Å². The Kier molecular flexibility index (Phi) is 2.45. The molecule has 0 unspecified atom stereocenters. The lowest BCUT2D eigenvalue weighted by molar-refractivity contribution is 0.174. The number of nitrogens with zero attached hydrogens (tertiary/aromatic N) is 3. The van der Waals surface area contributed by atoms with Gasteiger partial charge in [-0.2, -0.15) is 5.10 Å². The number of fused-ring (bicyclic) bond motifs is 1. The van der Waals surface area contributed by atoms with Crippen molar-refractivity contribution in [3.63, 3.8) is 0 Å². The van der Waals surface area contributed by atoms with Crippen LogP contribution in [-0.2, 0) is 0 Å². The van der Waals surface area contributed by atoms with Crippen LogP contribution in [0.5, 0.6) is 11.5 Å². The molecule has 0 saturated heterocycles. The van der Waals surface area contributed by atoms with E-state index in [9.17, 15) is 0 Å². The Hall–Kier alpha value is -2.77. The molecule has 0 radical (unpaired) electrons. The van der Waals surface area contributed by atoms with Gasteiger partial charge in [0.05, 0.1) is 6.21 Å². The fourth-order valence-corrected chi connectivity index (χ4v) is 1.43. The van der Waals surface area contributed by atoms with Crippen LogP contribution in [0.15, 0.2) is 27.9 Å². The smallest absolute Gasteiger partial charge is 0.235 e. The van der Waals surface area contributed by atoms with Crippen molar-refractivity contribution in [1.82, 2.24) is 10.3 Å². The van der Waals surface area contributed by atoms with Crippen LogP contribution in [0, 0.1) is 0 Å². The SMILES string of the molecule is Nc1nonc1N/N=C/c1ccc2c(c1)OCO2. The summed E-state index contributed by atoms with van der Waals surface area (Å²) in [5.74, 6) is 1.84. The average molecular weight is 247 g/mol. The quantitative estimate of drug-likeness (QED) is 0.610. The maximum atomic E-state index is 5.45. The Balaban J connectivity index is 1.71. The maximum Gasteiger partial charge on any atom is 0.235 e. The third-order valence-electron chi connectivity index (χ3n) is 2.29. The van der Waals surface area contributed by atoms with Crippen LogP contribution in [-0.4, -0.2) is 23.3 Å². The Morgan fingerprint density at radius 1 is 1.28 bits per heavy atom. The molecule has 0 bridgehead atoms. The van der Waals surface area contributed by atoms with Crippen molar-refractivity contribution < 1.29 is 14.1 Å². The van der Waals surface area contributed by atoms with E-state index in [1.165, 1.54) is 0 Å². The highest BCUT2D eigenvalue weighted by Crippen LogP contribution is 2.31. The number of nitrogens with two attached hydrogens (primary N) is 1. The highest BCUT2D eigenvalue weighted by molar-refractivity contribution is 5.81. The number of hydrogen-bond acceptors (Lipinski definition) is 8. The number of hydrazone groups is 1. The van der Waals surface area contributed by atoms with E-state index in [0.29, 0.717) is 5.75 Å². The number of benzene rings is 1. The van der Waals surface area contributed by atoms with E-state index in [4.69, 9.17) is 15.2 Å². The van der Waals surface area contributed by atoms with E-state index in [0.717, 1.165) is 11.3 Å². The number of ether oxygens (including phenoxy) is 2. The molecule has 8 nitrogen and oxygen atoms in total. The van der Waals surface area contributed by atoms with Crippen LogP contribution in [0.4, 0.5) is 11.6 Å². The van der Waals surface area contributed by atoms with E-state index in [1.807, 2.05) is 18.2 Å². The zero-order chi connectivity index (χ0) is 12.4. The first-order valence-corrected chi connectivity index (χ1v) is 5.10. The highest BCUT2D eigenvalue weighted by atomic mass is 16.7. The second-order valence-corrected chi connectivity index (χ2v) is 3.48. The first kappa shape index (κ1) is 10.4. The number of aromatic nitrogens is 2. The predicted octanol–water partition coefficient (Wildman–Crippen LogP) is 0.826. The Morgan fingerprint density at radius 2 is 2.17 bits per heavy atom. The van der Waals surface area contributed by atoms with E-state index in [2.05, 4.69) is 25.5 Å². The maximum absolute atomic E-state index is 5.45. The molecular formula is C10H9N5O3. The lowest BCUT2D eigenvalue weighted by Crippen LogP contribution is -1.95. The van der Waals surface area contributed by atoms with Crippen LogP contribution < -0.4 is 20.6 Å². The van der Waals surface area contributed by atoms with Crippen LogP contribution in [0.2, 0.25) is 0 Å². The summed E-state index contributed by atoms with van der Waals surface area (Å²) >= 11 is 0. The third kappa shape index (κ3) is 1.90. The molecule has 0 amide bonds. The molecule has 1 aliphatic heterocycles. The summed E-state index contributed by atoms with van der Waals surface area (Å²) in [4.78, 5) is 0. The van der Waals surface area contributed by atoms with Gasteiger partial charge in [0.15, 0.2) is 11.5 Å². The zero-order valence-corrected chi connectivity index (χ0v) is 9.16. The molecule has 1 aromatic carbocycles. The molecule has 0 fully saturated rings. The van der Waals surface area contributed by atoms with E-state index in [-0.39, 0.29) is 18.4 Å². The Labute approximate surface area is 101 Å². The van der Waals surface area contributed by atoms with Crippen molar-refractivity contribution in [1.29, 1.82) is 0 Å². The summed E-state index contributed by atoms with van der Waals surface area (Å²) in [5, 5.41) is 10.9. The summed E-state index contributed by atoms with van der Waals surface area (Å²) < 4.78 is 14.9. The van der Waals surface area contributed by atoms with Crippen molar-refractivity contribution in [3.05, 3.63) is 23.8 Å². The fourth-order valence-electron chi connectivity index (χ4n) is 1.43. The second kappa shape index (κ2) is 4.24. The second-order valence-electron chi connectivity index (χ2n) is 3.48. The molecule has 3 rings (SSSR count). The molecule has 1 aromatic heterocycles. The molecule has 92 valence electrons. The van der Waals surface area contributed by atoms with Gasteiger partial charge < -0.3 is 15.2 Å². The molecule has 0 aliphatic carbocycles. The lowest BCUT2D eigenvalue weighted by atomic mass is 10.2. The van der Waals surface area contributed by atoms with Crippen LogP contribution in [0.3, 0.4) is 0 Å². The normalized spacial score (nSPS) is 13.1. The van der Waals surface area contributed by atoms with Crippen LogP contribution in [0.1, 0.15) is 5.56 Å². The van der Waals surface area contributed by atoms with Gasteiger partial charge in [-0.05, 0) is 34.1 Å². The molecule has 2 aromatic rings. The number of nitrogen functional groups attached to an aromatic ring is 1. The van der Waals surface area contributed by atoms with E-state index < -0.39 is 0 Å². The largest absolute Gasteiger partial charge is 0.454 e. The molecule has 3 N–H and O–H groups in total. The molecule has 18 heavy (non-hydrogen) atoms. The highest BCUT2D eigenvalue weighted by Gasteiger charge is 2.12. The third-order valence-corrected chi connectivity index (χ3v) is 2.29. The van der Waals surface area contributed by atoms with Crippen molar-refractivity contribution >= 4 is 17.9 Å². The summed E-state index contributed by atoms with van der Waals surface area (Å²) in [6.07, 6.45) is 1.59. The van der Waals surface area contributed by atoms with Crippen molar-refractivity contribution in [2.75, 3.05) is 18.0 Å². The van der Waals surface area contributed by atoms with Gasteiger partial charge in [-0.1, -0.05) is 0 Å². The van der Waals surface area contributed by atoms with E-state index >= 15 is 0 Å². The number of hydrogen-bond donors (Lipinski definition) is 2. The van der Waals surface area contributed by atoms with Crippen LogP contribution >= 0.6 is 0 Å². The molecule has 8 heteroatoms. The van der Waals surface area contributed by atoms with Gasteiger partial charge in [0.2, 0.25) is 18.4 Å². The summed E-state index contributed by atoms with van der Waals surface area (Å²) in [6.45, 7) is 0.245. The average Bonchev–Trinajstić information content (AvgIpc) is 2.98. The van der Waals surface area contributed by atoms with Gasteiger partial charge in [-0.25, -0.2) is 4.63 Å². The predicted molar refractivity (Wildman–Crippen MR) is 62.5 cm³/mol. The van der Waals surface area contributed by atoms with Gasteiger partial charge in [0.25, 0.3) is 0 Å². The minimum Gasteiger partial charge on any atom is -0.454 e. The zero-order valence-electron chi connectivity index (χ0n) is 9.16. The summed E-state index contributed by atoms with van der Waals surface area (Å²) in [7, 11) is 0. The van der Waals surface area contributed by atoms with Crippen molar-refractivity contribution in [2.45, 2.75) is 0 Å². The Morgan fingerprint density at radius 3 is 3.00 bits per heavy atom. The lowest BCUT2D eigenvalue weighted by Gasteiger charge is -1.97. The van der Waals surface area contributed by atoms with Gasteiger partial charge >= 0.3 is 0 Å². The van der Waals surface area contributed by atoms with Gasteiger partial charge in [0.1, 0.15) is 0 Å². The molecule has 0 spiro atoms. The summed E-state index contributed by atoms with van der Waals surface area (Å²) in [5.41, 5.74) is 8.92. The minimum atomic E-state index is 0.151. The minimum absolute atomic E-state index is 0.151. The van der Waals surface area contributed by atoms with E-state index in [1.54, 1.807) is 6.21 Å². The first-order chi connectivity index (χ1) is 8.83. The Bertz CT molecular complexity index is 595. The topological polar surface area (TPSA) is 108 Å². The van der Waals surface area contributed by atoms with Crippen LogP contribution in [0.25, 0.3) is 0 Å². The number of anilines is 2. The number of nitrogens with one attached hydrogen (secondary N) is 1. The fraction of sp³-hybridized carbons (Fsp3) is 0.100. The molecule has 1 aliphatic rings. The summed E-state index contributed by atoms with van der Waals surface area (Å²) in [6, 6.07) is 5.48. The standard InChI is InChI=1S/C10H9N5O3/c11-9-10(15-18-14-9)13-12-4-6-1-2-7-8(3-6)17-5-16-7/h1-4H,5H2,(H2,11,14)(H,13,15)/b12-4+. The molecular weight excluding hydrogens is 238 g/mol. The molecule has 2 heterocycles.